The highest BCUT2D eigenvalue weighted by Gasteiger charge is 2.16. The molecule has 0 fully saturated rings. The molecule has 3 aromatic rings. The number of ether oxygens (including phenoxy) is 1. The number of anilines is 1. The molecule has 0 saturated carbocycles. The fourth-order valence-electron chi connectivity index (χ4n) is 2.33. The Morgan fingerprint density at radius 1 is 1.33 bits per heavy atom. The van der Waals surface area contributed by atoms with Gasteiger partial charge in [0.1, 0.15) is 19.4 Å². The van der Waals surface area contributed by atoms with Gasteiger partial charge in [0.2, 0.25) is 5.65 Å². The number of nitrogen functional groups attached to an aromatic ring is 1. The summed E-state index contributed by atoms with van der Waals surface area (Å²) in [5.41, 5.74) is 9.36. The van der Waals surface area contributed by atoms with E-state index in [-0.39, 0.29) is 18.1 Å². The molecule has 0 aliphatic rings. The molecule has 0 bridgehead atoms. The van der Waals surface area contributed by atoms with Crippen LogP contribution in [0.4, 0.5) is 10.1 Å². The summed E-state index contributed by atoms with van der Waals surface area (Å²) in [5.74, 6) is 0.248. The predicted molar refractivity (Wildman–Crippen MR) is 82.0 cm³/mol. The molecule has 122 valence electrons. The minimum absolute atomic E-state index is 0.0920. The van der Waals surface area contributed by atoms with Crippen LogP contribution in [-0.2, 0) is 6.42 Å². The average molecular weight is 328 g/mol. The fraction of sp³-hybridized carbons (Fsp3) is 0.267. The second-order valence-electron chi connectivity index (χ2n) is 5.00. The molecule has 3 rings (SSSR count). The number of hydrogen-bond acceptors (Lipinski definition) is 8. The first kappa shape index (κ1) is 15.6. The second kappa shape index (κ2) is 6.45. The van der Waals surface area contributed by atoms with Gasteiger partial charge in [0.15, 0.2) is 17.0 Å². The third kappa shape index (κ3) is 2.81. The molecule has 0 aliphatic carbocycles. The van der Waals surface area contributed by atoms with Crippen LogP contribution in [0.3, 0.4) is 0 Å². The molecule has 3 aromatic heterocycles. The number of hydrogen-bond donors (Lipinski definition) is 1. The third-order valence-corrected chi connectivity index (χ3v) is 3.48. The van der Waals surface area contributed by atoms with Crippen LogP contribution in [0.2, 0.25) is 0 Å². The van der Waals surface area contributed by atoms with Gasteiger partial charge in [-0.25, -0.2) is 19.0 Å². The Morgan fingerprint density at radius 3 is 2.92 bits per heavy atom. The topological polar surface area (TPSA) is 124 Å². The van der Waals surface area contributed by atoms with E-state index in [4.69, 9.17) is 10.5 Å². The molecule has 0 atom stereocenters. The van der Waals surface area contributed by atoms with Gasteiger partial charge in [0.25, 0.3) is 0 Å². The average Bonchev–Trinajstić information content (AvgIpc) is 3.05. The van der Waals surface area contributed by atoms with Gasteiger partial charge in [0.05, 0.1) is 5.69 Å². The van der Waals surface area contributed by atoms with Crippen LogP contribution >= 0.6 is 0 Å². The molecular weight excluding hydrogens is 315 g/mol. The summed E-state index contributed by atoms with van der Waals surface area (Å²) in [6.07, 6.45) is 0.353. The zero-order valence-electron chi connectivity index (χ0n) is 12.8. The molecule has 24 heavy (non-hydrogen) atoms. The summed E-state index contributed by atoms with van der Waals surface area (Å²) in [7, 11) is 0. The maximum absolute atomic E-state index is 12.2. The van der Waals surface area contributed by atoms with E-state index in [0.717, 1.165) is 5.56 Å². The number of nitrogens with zero attached hydrogens (tertiary/aromatic N) is 5. The number of rotatable bonds is 5. The van der Waals surface area contributed by atoms with Gasteiger partial charge in [-0.15, -0.1) is 0 Å². The number of pyridine rings is 2. The smallest absolute Gasteiger partial charge is 0.226 e. The van der Waals surface area contributed by atoms with Gasteiger partial charge in [-0.05, 0) is 29.4 Å². The van der Waals surface area contributed by atoms with E-state index < -0.39 is 6.67 Å². The summed E-state index contributed by atoms with van der Waals surface area (Å²) < 4.78 is 22.0. The zero-order valence-corrected chi connectivity index (χ0v) is 12.8. The SMILES string of the molecule is Cc1nc2nonc2c(N)c1Cc1ccc(OCCF)c(C#N)n1. The highest BCUT2D eigenvalue weighted by atomic mass is 19.1. The maximum atomic E-state index is 12.2. The Kier molecular flexibility index (Phi) is 4.20. The van der Waals surface area contributed by atoms with Crippen molar-refractivity contribution >= 4 is 16.9 Å². The van der Waals surface area contributed by atoms with Crippen LogP contribution in [0.15, 0.2) is 16.8 Å². The van der Waals surface area contributed by atoms with Crippen molar-refractivity contribution in [1.29, 1.82) is 5.26 Å². The van der Waals surface area contributed by atoms with Crippen molar-refractivity contribution in [1.82, 2.24) is 20.3 Å². The molecule has 0 radical (unpaired) electrons. The van der Waals surface area contributed by atoms with Gasteiger partial charge in [0, 0.05) is 23.4 Å². The summed E-state index contributed by atoms with van der Waals surface area (Å²) in [6.45, 7) is 1.03. The Labute approximate surface area is 136 Å². The molecule has 0 aliphatic heterocycles. The minimum atomic E-state index is -0.639. The molecule has 9 heteroatoms. The van der Waals surface area contributed by atoms with Crippen LogP contribution in [0, 0.1) is 18.3 Å². The highest BCUT2D eigenvalue weighted by molar-refractivity contribution is 5.85. The standard InChI is InChI=1S/C15H13FN6O2/c1-8-10(13(18)14-15(19-8)22-24-21-14)6-9-2-3-12(23-5-4-16)11(7-17)20-9/h2-3H,4-6,18H2,1H3. The fourth-order valence-corrected chi connectivity index (χ4v) is 2.33. The summed E-state index contributed by atoms with van der Waals surface area (Å²) in [6, 6.07) is 5.22. The molecule has 0 unspecified atom stereocenters. The quantitative estimate of drug-likeness (QED) is 0.750. The van der Waals surface area contributed by atoms with Crippen molar-refractivity contribution in [3.8, 4) is 11.8 Å². The number of aryl methyl sites for hydroxylation is 1. The van der Waals surface area contributed by atoms with Crippen molar-refractivity contribution < 1.29 is 13.8 Å². The zero-order chi connectivity index (χ0) is 17.1. The van der Waals surface area contributed by atoms with Crippen molar-refractivity contribution in [2.24, 2.45) is 0 Å². The Hall–Kier alpha value is -3.28. The molecule has 0 amide bonds. The lowest BCUT2D eigenvalue weighted by atomic mass is 10.0. The van der Waals surface area contributed by atoms with Gasteiger partial charge >= 0.3 is 0 Å². The van der Waals surface area contributed by atoms with Gasteiger partial charge < -0.3 is 10.5 Å². The van der Waals surface area contributed by atoms with Crippen molar-refractivity contribution in [3.63, 3.8) is 0 Å². The van der Waals surface area contributed by atoms with Gasteiger partial charge in [-0.2, -0.15) is 5.26 Å². The summed E-state index contributed by atoms with van der Waals surface area (Å²) in [4.78, 5) is 8.52. The monoisotopic (exact) mass is 328 g/mol. The van der Waals surface area contributed by atoms with E-state index in [1.165, 1.54) is 0 Å². The van der Waals surface area contributed by atoms with Crippen molar-refractivity contribution in [3.05, 3.63) is 34.8 Å². The number of fused-ring (bicyclic) bond motifs is 1. The van der Waals surface area contributed by atoms with E-state index in [1.54, 1.807) is 19.1 Å². The Balaban J connectivity index is 1.95. The number of nitriles is 1. The lowest BCUT2D eigenvalue weighted by Gasteiger charge is -2.10. The number of halogens is 1. The molecule has 0 aromatic carbocycles. The van der Waals surface area contributed by atoms with Crippen LogP contribution in [0.1, 0.15) is 22.6 Å². The number of nitrogens with two attached hydrogens (primary N) is 1. The molecule has 0 saturated heterocycles. The largest absolute Gasteiger partial charge is 0.488 e. The lowest BCUT2D eigenvalue weighted by Crippen LogP contribution is -2.06. The molecule has 0 spiro atoms. The highest BCUT2D eigenvalue weighted by Crippen LogP contribution is 2.26. The Morgan fingerprint density at radius 2 is 2.17 bits per heavy atom. The first-order chi connectivity index (χ1) is 11.6. The normalized spacial score (nSPS) is 10.7. The van der Waals surface area contributed by atoms with Crippen molar-refractivity contribution in [2.45, 2.75) is 13.3 Å². The third-order valence-electron chi connectivity index (χ3n) is 3.48. The molecular formula is C15H13FN6O2. The minimum Gasteiger partial charge on any atom is -0.488 e. The van der Waals surface area contributed by atoms with Crippen molar-refractivity contribution in [2.75, 3.05) is 19.0 Å². The predicted octanol–water partition coefficient (Wildman–Crippen LogP) is 1.71. The van der Waals surface area contributed by atoms with E-state index in [0.29, 0.717) is 34.7 Å². The molecule has 8 nitrogen and oxygen atoms in total. The van der Waals surface area contributed by atoms with Crippen LogP contribution in [0.25, 0.3) is 11.2 Å². The van der Waals surface area contributed by atoms with E-state index in [1.807, 2.05) is 6.07 Å². The number of alkyl halides is 1. The van der Waals surface area contributed by atoms with Gasteiger partial charge in [-0.1, -0.05) is 0 Å². The first-order valence-electron chi connectivity index (χ1n) is 7.10. The summed E-state index contributed by atoms with van der Waals surface area (Å²) in [5, 5.41) is 16.6. The Bertz CT molecular complexity index is 934. The van der Waals surface area contributed by atoms with Crippen LogP contribution in [-0.4, -0.2) is 33.6 Å². The second-order valence-corrected chi connectivity index (χ2v) is 5.00. The summed E-state index contributed by atoms with van der Waals surface area (Å²) >= 11 is 0. The van der Waals surface area contributed by atoms with Crippen LogP contribution in [0.5, 0.6) is 5.75 Å². The van der Waals surface area contributed by atoms with E-state index in [2.05, 4.69) is 24.9 Å². The van der Waals surface area contributed by atoms with Gasteiger partial charge in [-0.3, -0.25) is 0 Å². The lowest BCUT2D eigenvalue weighted by molar-refractivity contribution is 0.271. The van der Waals surface area contributed by atoms with E-state index >= 15 is 0 Å². The number of aromatic nitrogens is 4. The molecule has 2 N–H and O–H groups in total. The molecule has 3 heterocycles. The van der Waals surface area contributed by atoms with Crippen LogP contribution < -0.4 is 10.5 Å². The van der Waals surface area contributed by atoms with E-state index in [9.17, 15) is 9.65 Å². The first-order valence-corrected chi connectivity index (χ1v) is 7.10. The maximum Gasteiger partial charge on any atom is 0.226 e.